The van der Waals surface area contributed by atoms with Gasteiger partial charge in [0.25, 0.3) is 0 Å². The van der Waals surface area contributed by atoms with Crippen LogP contribution >= 0.6 is 7.60 Å². The van der Waals surface area contributed by atoms with Gasteiger partial charge >= 0.3 is 7.60 Å². The van der Waals surface area contributed by atoms with Crippen molar-refractivity contribution in [2.24, 2.45) is 0 Å². The summed E-state index contributed by atoms with van der Waals surface area (Å²) in [6.07, 6.45) is -3.00. The molecule has 1 aliphatic rings. The van der Waals surface area contributed by atoms with Crippen LogP contribution in [0.1, 0.15) is 71.6 Å². The molecule has 198 valence electrons. The lowest BCUT2D eigenvalue weighted by Gasteiger charge is -2.41. The highest BCUT2D eigenvalue weighted by Crippen LogP contribution is 2.46. The van der Waals surface area contributed by atoms with Gasteiger partial charge in [-0.25, -0.2) is 0 Å². The summed E-state index contributed by atoms with van der Waals surface area (Å²) in [6, 6.07) is 0. The second-order valence-electron chi connectivity index (χ2n) is 8.86. The SMILES string of the molecule is CCCCCCOC[C@@H](CCP(=O)(O)OC1[C@H](O)[C@H](O)C(O)[C@H](O)[C@H]1O)OCCCCCC. The van der Waals surface area contributed by atoms with E-state index in [2.05, 4.69) is 13.8 Å². The van der Waals surface area contributed by atoms with Crippen molar-refractivity contribution in [1.29, 1.82) is 0 Å². The van der Waals surface area contributed by atoms with Crippen LogP contribution in [0.15, 0.2) is 0 Å². The van der Waals surface area contributed by atoms with Crippen LogP contribution in [-0.4, -0.2) is 99.1 Å². The number of aliphatic hydroxyl groups is 5. The number of unbranched alkanes of at least 4 members (excludes halogenated alkanes) is 6. The Morgan fingerprint density at radius 2 is 1.27 bits per heavy atom. The van der Waals surface area contributed by atoms with E-state index >= 15 is 0 Å². The zero-order valence-electron chi connectivity index (χ0n) is 20.0. The minimum atomic E-state index is -4.33. The highest BCUT2D eigenvalue weighted by atomic mass is 31.2. The summed E-state index contributed by atoms with van der Waals surface area (Å²) in [5.74, 6) is 0. The average Bonchev–Trinajstić information content (AvgIpc) is 2.79. The van der Waals surface area contributed by atoms with E-state index in [0.29, 0.717) is 13.2 Å². The molecule has 1 rings (SSSR count). The largest absolute Gasteiger partial charge is 0.387 e. The molecular weight excluding hydrogens is 455 g/mol. The Bertz CT molecular complexity index is 535. The normalized spacial score (nSPS) is 30.8. The molecule has 6 N–H and O–H groups in total. The fraction of sp³-hybridized carbons (Fsp3) is 1.00. The monoisotopic (exact) mass is 500 g/mol. The first-order valence-corrected chi connectivity index (χ1v) is 14.0. The van der Waals surface area contributed by atoms with Gasteiger partial charge in [-0.15, -0.1) is 0 Å². The number of hydrogen-bond donors (Lipinski definition) is 6. The van der Waals surface area contributed by atoms with E-state index in [-0.39, 0.29) is 19.2 Å². The van der Waals surface area contributed by atoms with Crippen LogP contribution in [0.25, 0.3) is 0 Å². The molecule has 1 aliphatic carbocycles. The van der Waals surface area contributed by atoms with Crippen molar-refractivity contribution in [2.45, 2.75) is 114 Å². The van der Waals surface area contributed by atoms with Crippen LogP contribution in [0.3, 0.4) is 0 Å². The van der Waals surface area contributed by atoms with Crippen LogP contribution in [0.5, 0.6) is 0 Å². The topological polar surface area (TPSA) is 166 Å². The molecule has 3 unspecified atom stereocenters. The second kappa shape index (κ2) is 16.5. The molecule has 11 heteroatoms. The average molecular weight is 501 g/mol. The third kappa shape index (κ3) is 11.4. The van der Waals surface area contributed by atoms with Crippen molar-refractivity contribution in [3.05, 3.63) is 0 Å². The molecule has 0 spiro atoms. The molecule has 0 aliphatic heterocycles. The van der Waals surface area contributed by atoms with Gasteiger partial charge in [0, 0.05) is 13.2 Å². The zero-order chi connectivity index (χ0) is 24.9. The molecule has 0 radical (unpaired) electrons. The van der Waals surface area contributed by atoms with Gasteiger partial charge in [0.2, 0.25) is 0 Å². The lowest BCUT2D eigenvalue weighted by Crippen LogP contribution is -2.64. The fourth-order valence-corrected chi connectivity index (χ4v) is 5.06. The van der Waals surface area contributed by atoms with E-state index in [1.165, 1.54) is 0 Å². The number of ether oxygens (including phenoxy) is 2. The molecule has 1 saturated carbocycles. The summed E-state index contributed by atoms with van der Waals surface area (Å²) >= 11 is 0. The summed E-state index contributed by atoms with van der Waals surface area (Å²) in [4.78, 5) is 10.3. The molecule has 0 aromatic carbocycles. The van der Waals surface area contributed by atoms with E-state index in [1.807, 2.05) is 0 Å². The third-order valence-corrected chi connectivity index (χ3v) is 7.29. The number of hydrogen-bond acceptors (Lipinski definition) is 9. The van der Waals surface area contributed by atoms with Crippen molar-refractivity contribution in [3.63, 3.8) is 0 Å². The van der Waals surface area contributed by atoms with Crippen LogP contribution in [-0.2, 0) is 18.6 Å². The minimum absolute atomic E-state index is 0.156. The first kappa shape index (κ1) is 30.9. The molecule has 0 aromatic heterocycles. The van der Waals surface area contributed by atoms with Crippen molar-refractivity contribution in [1.82, 2.24) is 0 Å². The third-order valence-electron chi connectivity index (χ3n) is 5.89. The maximum Gasteiger partial charge on any atom is 0.328 e. The Hall–Kier alpha value is -0.130. The van der Waals surface area contributed by atoms with E-state index in [0.717, 1.165) is 51.4 Å². The first-order valence-electron chi connectivity index (χ1n) is 12.2. The summed E-state index contributed by atoms with van der Waals surface area (Å²) in [5.41, 5.74) is 0. The predicted octanol–water partition coefficient (Wildman–Crippen LogP) is 1.33. The Morgan fingerprint density at radius 3 is 1.82 bits per heavy atom. The highest BCUT2D eigenvalue weighted by Gasteiger charge is 2.50. The van der Waals surface area contributed by atoms with Gasteiger partial charge in [0.1, 0.15) is 36.6 Å². The Labute approximate surface area is 197 Å². The number of rotatable bonds is 18. The van der Waals surface area contributed by atoms with Gasteiger partial charge in [-0.3, -0.25) is 9.09 Å². The van der Waals surface area contributed by atoms with E-state index in [9.17, 15) is 35.0 Å². The van der Waals surface area contributed by atoms with Crippen molar-refractivity contribution < 1.29 is 49.0 Å². The Morgan fingerprint density at radius 1 is 0.758 bits per heavy atom. The standard InChI is InChI=1S/C22H45O10P/c1-3-5-7-9-12-30-15-16(31-13-10-8-6-4-2)11-14-33(28,29)32-22-20(26)18(24)17(23)19(25)21(22)27/h16-27H,3-15H2,1-2H3,(H,28,29)/t16-,17?,18-,19+,20-,21-,22?/m1/s1. The number of aliphatic hydroxyl groups excluding tert-OH is 5. The van der Waals surface area contributed by atoms with Gasteiger partial charge < -0.3 is 39.9 Å². The molecule has 33 heavy (non-hydrogen) atoms. The molecule has 0 heterocycles. The quantitative estimate of drug-likeness (QED) is 0.119. The van der Waals surface area contributed by atoms with Gasteiger partial charge in [-0.05, 0) is 19.3 Å². The van der Waals surface area contributed by atoms with E-state index in [1.54, 1.807) is 0 Å². The molecule has 1 fully saturated rings. The Balaban J connectivity index is 2.58. The lowest BCUT2D eigenvalue weighted by atomic mass is 9.85. The summed E-state index contributed by atoms with van der Waals surface area (Å²) < 4.78 is 29.2. The zero-order valence-corrected chi connectivity index (χ0v) is 20.9. The molecule has 0 bridgehead atoms. The molecule has 8 atom stereocenters. The highest BCUT2D eigenvalue weighted by molar-refractivity contribution is 7.52. The second-order valence-corrected chi connectivity index (χ2v) is 10.8. The predicted molar refractivity (Wildman–Crippen MR) is 123 cm³/mol. The van der Waals surface area contributed by atoms with Gasteiger partial charge in [0.15, 0.2) is 0 Å². The van der Waals surface area contributed by atoms with E-state index in [4.69, 9.17) is 14.0 Å². The van der Waals surface area contributed by atoms with Gasteiger partial charge in [0.05, 0.1) is 18.9 Å². The lowest BCUT2D eigenvalue weighted by molar-refractivity contribution is -0.218. The molecular formula is C22H45O10P. The van der Waals surface area contributed by atoms with Crippen LogP contribution < -0.4 is 0 Å². The maximum atomic E-state index is 12.6. The molecule has 10 nitrogen and oxygen atoms in total. The van der Waals surface area contributed by atoms with Crippen LogP contribution in [0.2, 0.25) is 0 Å². The van der Waals surface area contributed by atoms with Crippen LogP contribution in [0.4, 0.5) is 0 Å². The summed E-state index contributed by atoms with van der Waals surface area (Å²) in [5, 5.41) is 49.3. The smallest absolute Gasteiger partial charge is 0.328 e. The molecule has 0 amide bonds. The van der Waals surface area contributed by atoms with Crippen molar-refractivity contribution >= 4 is 7.60 Å². The molecule has 0 saturated heterocycles. The van der Waals surface area contributed by atoms with Gasteiger partial charge in [-0.2, -0.15) is 0 Å². The molecule has 0 aromatic rings. The van der Waals surface area contributed by atoms with Crippen molar-refractivity contribution in [2.75, 3.05) is 26.0 Å². The first-order chi connectivity index (χ1) is 15.6. The van der Waals surface area contributed by atoms with E-state index < -0.39 is 50.3 Å². The fourth-order valence-electron chi connectivity index (χ4n) is 3.71. The minimum Gasteiger partial charge on any atom is -0.387 e. The Kier molecular flexibility index (Phi) is 15.5. The summed E-state index contributed by atoms with van der Waals surface area (Å²) in [6.45, 7) is 5.62. The maximum absolute atomic E-state index is 12.6. The summed E-state index contributed by atoms with van der Waals surface area (Å²) in [7, 11) is -4.33. The van der Waals surface area contributed by atoms with Crippen molar-refractivity contribution in [3.8, 4) is 0 Å². The van der Waals surface area contributed by atoms with Gasteiger partial charge in [-0.1, -0.05) is 52.4 Å². The van der Waals surface area contributed by atoms with Crippen LogP contribution in [0, 0.1) is 0 Å².